The van der Waals surface area contributed by atoms with Crippen LogP contribution in [0.5, 0.6) is 0 Å². The van der Waals surface area contributed by atoms with Gasteiger partial charge in [0.1, 0.15) is 5.82 Å². The molecule has 96 valence electrons. The monoisotopic (exact) mass is 240 g/mol. The first-order chi connectivity index (χ1) is 8.15. The van der Waals surface area contributed by atoms with Crippen LogP contribution in [0.25, 0.3) is 0 Å². The highest BCUT2D eigenvalue weighted by atomic mass is 16.5. The van der Waals surface area contributed by atoms with Crippen molar-refractivity contribution in [3.05, 3.63) is 16.3 Å². The minimum atomic E-state index is -0.244. The van der Waals surface area contributed by atoms with Gasteiger partial charge in [-0.05, 0) is 12.3 Å². The van der Waals surface area contributed by atoms with Gasteiger partial charge in [-0.1, -0.05) is 13.8 Å². The van der Waals surface area contributed by atoms with Crippen LogP contribution in [0.4, 0.5) is 0 Å². The van der Waals surface area contributed by atoms with E-state index >= 15 is 0 Å². The second kappa shape index (κ2) is 5.46. The van der Waals surface area contributed by atoms with Crippen LogP contribution in [0.2, 0.25) is 0 Å². The summed E-state index contributed by atoms with van der Waals surface area (Å²) in [5, 5.41) is 6.32. The Morgan fingerprint density at radius 2 is 2.41 bits per heavy atom. The predicted octanol–water partition coefficient (Wildman–Crippen LogP) is 0.345. The molecule has 1 fully saturated rings. The lowest BCUT2D eigenvalue weighted by molar-refractivity contribution is 0.0219. The fourth-order valence-electron chi connectivity index (χ4n) is 2.06. The third kappa shape index (κ3) is 3.41. The lowest BCUT2D eigenvalue weighted by atomic mass is 10.1. The third-order valence-electron chi connectivity index (χ3n) is 3.06. The second-order valence-corrected chi connectivity index (χ2v) is 4.87. The molecule has 0 aliphatic carbocycles. The smallest absolute Gasteiger partial charge is 0.340 e. The van der Waals surface area contributed by atoms with Gasteiger partial charge >= 0.3 is 5.69 Å². The molecule has 2 rings (SSSR count). The van der Waals surface area contributed by atoms with Crippen molar-refractivity contribution in [3.63, 3.8) is 0 Å². The maximum Gasteiger partial charge on any atom is 0.340 e. The van der Waals surface area contributed by atoms with E-state index in [2.05, 4.69) is 33.9 Å². The van der Waals surface area contributed by atoms with Gasteiger partial charge in [-0.25, -0.2) is 9.89 Å². The molecular formula is C11H20N4O2. The van der Waals surface area contributed by atoms with E-state index in [1.807, 2.05) is 0 Å². The Kier molecular flexibility index (Phi) is 3.96. The number of rotatable bonds is 3. The van der Waals surface area contributed by atoms with Gasteiger partial charge < -0.3 is 4.74 Å². The van der Waals surface area contributed by atoms with Gasteiger partial charge in [0.15, 0.2) is 0 Å². The van der Waals surface area contributed by atoms with Crippen molar-refractivity contribution in [1.82, 2.24) is 20.1 Å². The largest absolute Gasteiger partial charge is 0.377 e. The quantitative estimate of drug-likeness (QED) is 0.799. The topological polar surface area (TPSA) is 74.0 Å². The zero-order chi connectivity index (χ0) is 12.3. The van der Waals surface area contributed by atoms with Crippen molar-refractivity contribution < 1.29 is 4.74 Å². The highest BCUT2D eigenvalue weighted by molar-refractivity contribution is 4.83. The number of nitrogens with zero attached hydrogens (tertiary/aromatic N) is 2. The number of aromatic amines is 2. The van der Waals surface area contributed by atoms with E-state index in [1.165, 1.54) is 0 Å². The Balaban J connectivity index is 1.97. The van der Waals surface area contributed by atoms with Crippen molar-refractivity contribution in [2.75, 3.05) is 19.7 Å². The third-order valence-corrected chi connectivity index (χ3v) is 3.06. The molecule has 1 aliphatic heterocycles. The summed E-state index contributed by atoms with van der Waals surface area (Å²) in [5.41, 5.74) is -0.244. The van der Waals surface area contributed by atoms with Crippen molar-refractivity contribution in [2.45, 2.75) is 32.9 Å². The van der Waals surface area contributed by atoms with Gasteiger partial charge in [0.05, 0.1) is 12.6 Å². The van der Waals surface area contributed by atoms with Gasteiger partial charge in [0.2, 0.25) is 0 Å². The molecule has 17 heavy (non-hydrogen) atoms. The molecular weight excluding hydrogens is 220 g/mol. The number of ether oxygens (including phenoxy) is 1. The number of aromatic nitrogens is 3. The summed E-state index contributed by atoms with van der Waals surface area (Å²) >= 11 is 0. The first kappa shape index (κ1) is 12.3. The minimum absolute atomic E-state index is 0.244. The second-order valence-electron chi connectivity index (χ2n) is 4.87. The number of nitrogens with one attached hydrogen (secondary N) is 2. The van der Waals surface area contributed by atoms with E-state index in [-0.39, 0.29) is 11.8 Å². The molecule has 1 aromatic heterocycles. The molecule has 0 spiro atoms. The Morgan fingerprint density at radius 3 is 3.06 bits per heavy atom. The molecule has 1 aliphatic rings. The fourth-order valence-corrected chi connectivity index (χ4v) is 2.06. The molecule has 0 radical (unpaired) electrons. The van der Waals surface area contributed by atoms with Crippen LogP contribution in [-0.2, 0) is 11.3 Å². The summed E-state index contributed by atoms with van der Waals surface area (Å²) in [4.78, 5) is 15.9. The average molecular weight is 240 g/mol. The SMILES string of the molecule is CC(C)C1CN(Cc2n[nH]c(=O)[nH]2)CCCO1. The molecule has 0 bridgehead atoms. The molecule has 1 saturated heterocycles. The lowest BCUT2D eigenvalue weighted by Crippen LogP contribution is -2.34. The van der Waals surface area contributed by atoms with Crippen molar-refractivity contribution in [1.29, 1.82) is 0 Å². The Bertz CT molecular complexity index is 398. The maximum atomic E-state index is 11.0. The molecule has 0 amide bonds. The van der Waals surface area contributed by atoms with Gasteiger partial charge in [-0.15, -0.1) is 0 Å². The zero-order valence-corrected chi connectivity index (χ0v) is 10.4. The number of hydrogen-bond acceptors (Lipinski definition) is 4. The molecule has 1 atom stereocenters. The van der Waals surface area contributed by atoms with E-state index in [4.69, 9.17) is 4.74 Å². The standard InChI is InChI=1S/C11H20N4O2/c1-8(2)9-6-15(4-3-5-17-9)7-10-12-11(16)14-13-10/h8-9H,3-7H2,1-2H3,(H2,12,13,14,16). The van der Waals surface area contributed by atoms with Gasteiger partial charge in [0, 0.05) is 19.7 Å². The molecule has 0 saturated carbocycles. The van der Waals surface area contributed by atoms with E-state index < -0.39 is 0 Å². The normalized spacial score (nSPS) is 22.9. The van der Waals surface area contributed by atoms with E-state index in [1.54, 1.807) is 0 Å². The summed E-state index contributed by atoms with van der Waals surface area (Å²) in [7, 11) is 0. The van der Waals surface area contributed by atoms with Crippen LogP contribution in [0.1, 0.15) is 26.1 Å². The fraction of sp³-hybridized carbons (Fsp3) is 0.818. The molecule has 0 aromatic carbocycles. The van der Waals surface area contributed by atoms with Gasteiger partial charge in [-0.3, -0.25) is 9.88 Å². The Labute approximate surface area is 100 Å². The van der Waals surface area contributed by atoms with Crippen LogP contribution in [0.15, 0.2) is 4.79 Å². The van der Waals surface area contributed by atoms with Gasteiger partial charge in [-0.2, -0.15) is 5.10 Å². The number of hydrogen-bond donors (Lipinski definition) is 2. The van der Waals surface area contributed by atoms with Crippen molar-refractivity contribution in [3.8, 4) is 0 Å². The molecule has 2 N–H and O–H groups in total. The van der Waals surface area contributed by atoms with E-state index in [0.29, 0.717) is 18.3 Å². The first-order valence-corrected chi connectivity index (χ1v) is 6.12. The molecule has 1 unspecified atom stereocenters. The highest BCUT2D eigenvalue weighted by Crippen LogP contribution is 2.14. The van der Waals surface area contributed by atoms with E-state index in [0.717, 1.165) is 26.1 Å². The maximum absolute atomic E-state index is 11.0. The summed E-state index contributed by atoms with van der Waals surface area (Å²) in [6.07, 6.45) is 1.29. The molecule has 1 aromatic rings. The summed E-state index contributed by atoms with van der Waals surface area (Å²) in [6, 6.07) is 0. The summed E-state index contributed by atoms with van der Waals surface area (Å²) < 4.78 is 5.80. The summed E-state index contributed by atoms with van der Waals surface area (Å²) in [6.45, 7) is 7.71. The Hall–Kier alpha value is -1.14. The minimum Gasteiger partial charge on any atom is -0.377 e. The lowest BCUT2D eigenvalue weighted by Gasteiger charge is -2.24. The average Bonchev–Trinajstić information content (AvgIpc) is 2.54. The number of H-pyrrole nitrogens is 2. The van der Waals surface area contributed by atoms with Crippen LogP contribution in [0, 0.1) is 5.92 Å². The predicted molar refractivity (Wildman–Crippen MR) is 63.7 cm³/mol. The molecule has 2 heterocycles. The molecule has 6 nitrogen and oxygen atoms in total. The summed E-state index contributed by atoms with van der Waals surface area (Å²) in [5.74, 6) is 1.20. The van der Waals surface area contributed by atoms with Crippen molar-refractivity contribution in [2.24, 2.45) is 5.92 Å². The van der Waals surface area contributed by atoms with E-state index in [9.17, 15) is 4.79 Å². The van der Waals surface area contributed by atoms with Crippen LogP contribution in [0.3, 0.4) is 0 Å². The first-order valence-electron chi connectivity index (χ1n) is 6.12. The van der Waals surface area contributed by atoms with Gasteiger partial charge in [0.25, 0.3) is 0 Å². The zero-order valence-electron chi connectivity index (χ0n) is 10.4. The van der Waals surface area contributed by atoms with Crippen LogP contribution >= 0.6 is 0 Å². The Morgan fingerprint density at radius 1 is 1.59 bits per heavy atom. The van der Waals surface area contributed by atoms with Crippen LogP contribution < -0.4 is 5.69 Å². The molecule has 6 heteroatoms. The van der Waals surface area contributed by atoms with Crippen LogP contribution in [-0.4, -0.2) is 45.9 Å². The van der Waals surface area contributed by atoms with Crippen molar-refractivity contribution >= 4 is 0 Å². The highest BCUT2D eigenvalue weighted by Gasteiger charge is 2.21.